The molecule has 86 valence electrons. The van der Waals surface area contributed by atoms with Crippen LogP contribution in [0.1, 0.15) is 13.8 Å². The molecule has 0 saturated carbocycles. The Morgan fingerprint density at radius 3 is 2.69 bits per heavy atom. The first-order valence-electron chi connectivity index (χ1n) is 5.46. The number of likely N-dealkylation sites (N-methyl/N-ethyl adjacent to an activating group) is 1. The molecule has 0 bridgehead atoms. The van der Waals surface area contributed by atoms with Gasteiger partial charge >= 0.3 is 0 Å². The summed E-state index contributed by atoms with van der Waals surface area (Å²) in [6, 6.07) is 8.04. The Bertz CT molecular complexity index is 487. The van der Waals surface area contributed by atoms with E-state index in [0.717, 1.165) is 16.7 Å². The van der Waals surface area contributed by atoms with Crippen LogP contribution in [-0.2, 0) is 0 Å². The van der Waals surface area contributed by atoms with E-state index in [1.165, 1.54) is 0 Å². The summed E-state index contributed by atoms with van der Waals surface area (Å²) in [5.41, 5.74) is 7.71. The fraction of sp³-hybridized carbons (Fsp3) is 0.385. The molecule has 16 heavy (non-hydrogen) atoms. The Kier molecular flexibility index (Phi) is 2.64. The van der Waals surface area contributed by atoms with Crippen molar-refractivity contribution in [2.75, 3.05) is 18.5 Å². The van der Waals surface area contributed by atoms with E-state index < -0.39 is 0 Å². The largest absolute Gasteiger partial charge is 0.462 e. The van der Waals surface area contributed by atoms with Gasteiger partial charge in [0.1, 0.15) is 11.8 Å². The van der Waals surface area contributed by atoms with Gasteiger partial charge in [-0.25, -0.2) is 0 Å². The lowest BCUT2D eigenvalue weighted by atomic mass is 10.0. The first kappa shape index (κ1) is 11.0. The van der Waals surface area contributed by atoms with Gasteiger partial charge in [0.15, 0.2) is 0 Å². The molecule has 1 aromatic carbocycles. The van der Waals surface area contributed by atoms with Gasteiger partial charge in [-0.05, 0) is 26.0 Å². The van der Waals surface area contributed by atoms with Crippen molar-refractivity contribution >= 4 is 16.7 Å². The Balaban J connectivity index is 2.48. The van der Waals surface area contributed by atoms with Crippen molar-refractivity contribution in [2.24, 2.45) is 5.73 Å². The minimum atomic E-state index is -0.0767. The van der Waals surface area contributed by atoms with Crippen LogP contribution in [0.3, 0.4) is 0 Å². The van der Waals surface area contributed by atoms with Gasteiger partial charge in [-0.1, -0.05) is 12.1 Å². The highest BCUT2D eigenvalue weighted by atomic mass is 16.3. The fourth-order valence-corrected chi connectivity index (χ4v) is 1.69. The highest BCUT2D eigenvalue weighted by Crippen LogP contribution is 2.31. The highest BCUT2D eigenvalue weighted by molar-refractivity contribution is 5.91. The van der Waals surface area contributed by atoms with Crippen molar-refractivity contribution < 1.29 is 4.42 Å². The number of para-hydroxylation sites is 1. The monoisotopic (exact) mass is 218 g/mol. The van der Waals surface area contributed by atoms with Crippen LogP contribution < -0.4 is 10.6 Å². The molecule has 0 fully saturated rings. The Hall–Kier alpha value is -1.48. The van der Waals surface area contributed by atoms with Crippen molar-refractivity contribution in [2.45, 2.75) is 19.4 Å². The van der Waals surface area contributed by atoms with E-state index in [4.69, 9.17) is 10.2 Å². The number of anilines is 1. The number of hydrogen-bond donors (Lipinski definition) is 1. The first-order chi connectivity index (χ1) is 7.56. The second-order valence-corrected chi connectivity index (χ2v) is 4.69. The maximum atomic E-state index is 5.79. The summed E-state index contributed by atoms with van der Waals surface area (Å²) in [4.78, 5) is 2.17. The van der Waals surface area contributed by atoms with Crippen LogP contribution in [-0.4, -0.2) is 19.1 Å². The molecule has 1 heterocycles. The van der Waals surface area contributed by atoms with Gasteiger partial charge in [0, 0.05) is 24.5 Å². The zero-order chi connectivity index (χ0) is 11.8. The van der Waals surface area contributed by atoms with Crippen LogP contribution in [0.4, 0.5) is 5.69 Å². The molecule has 2 rings (SSSR count). The van der Waals surface area contributed by atoms with E-state index in [9.17, 15) is 0 Å². The Labute approximate surface area is 95.8 Å². The third kappa shape index (κ3) is 1.67. The van der Waals surface area contributed by atoms with Crippen LogP contribution >= 0.6 is 0 Å². The third-order valence-electron chi connectivity index (χ3n) is 3.23. The summed E-state index contributed by atoms with van der Waals surface area (Å²) < 4.78 is 5.53. The van der Waals surface area contributed by atoms with Crippen molar-refractivity contribution in [1.82, 2.24) is 0 Å². The lowest BCUT2D eigenvalue weighted by molar-refractivity contribution is 0.496. The number of nitrogens with two attached hydrogens (primary N) is 1. The van der Waals surface area contributed by atoms with Gasteiger partial charge in [0.25, 0.3) is 0 Å². The third-order valence-corrected chi connectivity index (χ3v) is 3.23. The predicted molar refractivity (Wildman–Crippen MR) is 67.8 cm³/mol. The average molecular weight is 218 g/mol. The number of fused-ring (bicyclic) bond motifs is 1. The quantitative estimate of drug-likeness (QED) is 0.861. The molecule has 0 radical (unpaired) electrons. The van der Waals surface area contributed by atoms with E-state index in [0.29, 0.717) is 6.54 Å². The molecule has 1 aromatic heterocycles. The maximum absolute atomic E-state index is 5.79. The summed E-state index contributed by atoms with van der Waals surface area (Å²) >= 11 is 0. The summed E-state index contributed by atoms with van der Waals surface area (Å²) in [5.74, 6) is 0. The molecule has 0 aliphatic carbocycles. The Morgan fingerprint density at radius 2 is 2.00 bits per heavy atom. The van der Waals surface area contributed by atoms with E-state index in [1.54, 1.807) is 6.26 Å². The van der Waals surface area contributed by atoms with E-state index in [-0.39, 0.29) is 5.54 Å². The summed E-state index contributed by atoms with van der Waals surface area (Å²) in [6.07, 6.45) is 1.79. The predicted octanol–water partition coefficient (Wildman–Crippen LogP) is 2.61. The molecule has 0 aliphatic heterocycles. The lowest BCUT2D eigenvalue weighted by Gasteiger charge is -2.35. The van der Waals surface area contributed by atoms with Crippen molar-refractivity contribution in [3.05, 3.63) is 30.5 Å². The number of hydrogen-bond acceptors (Lipinski definition) is 3. The minimum Gasteiger partial charge on any atom is -0.462 e. The molecule has 0 saturated heterocycles. The minimum absolute atomic E-state index is 0.0767. The topological polar surface area (TPSA) is 42.4 Å². The van der Waals surface area contributed by atoms with Gasteiger partial charge in [0.2, 0.25) is 0 Å². The molecule has 3 nitrogen and oxygen atoms in total. The van der Waals surface area contributed by atoms with Gasteiger partial charge in [0.05, 0.1) is 5.69 Å². The Morgan fingerprint density at radius 1 is 1.31 bits per heavy atom. The molecule has 0 atom stereocenters. The summed E-state index contributed by atoms with van der Waals surface area (Å²) in [5, 5.41) is 1.13. The number of nitrogens with zero attached hydrogens (tertiary/aromatic N) is 1. The zero-order valence-corrected chi connectivity index (χ0v) is 10.0. The summed E-state index contributed by atoms with van der Waals surface area (Å²) in [6.45, 7) is 4.84. The SMILES string of the molecule is CN(c1coc2ccccc12)C(C)(C)CN. The molecular weight excluding hydrogens is 200 g/mol. The number of benzene rings is 1. The summed E-state index contributed by atoms with van der Waals surface area (Å²) in [7, 11) is 2.05. The molecule has 0 amide bonds. The molecule has 0 unspecified atom stereocenters. The van der Waals surface area contributed by atoms with E-state index in [2.05, 4.69) is 24.8 Å². The standard InChI is InChI=1S/C13H18N2O/c1-13(2,9-14)15(3)11-8-16-12-7-5-4-6-10(11)12/h4-8H,9,14H2,1-3H3. The van der Waals surface area contributed by atoms with Crippen molar-refractivity contribution in [3.8, 4) is 0 Å². The molecule has 0 aliphatic rings. The average Bonchev–Trinajstić information content (AvgIpc) is 2.71. The highest BCUT2D eigenvalue weighted by Gasteiger charge is 2.24. The van der Waals surface area contributed by atoms with Gasteiger partial charge in [-0.3, -0.25) is 0 Å². The zero-order valence-electron chi connectivity index (χ0n) is 10.0. The molecule has 3 heteroatoms. The van der Waals surface area contributed by atoms with Gasteiger partial charge in [-0.15, -0.1) is 0 Å². The van der Waals surface area contributed by atoms with E-state index in [1.807, 2.05) is 25.2 Å². The van der Waals surface area contributed by atoms with Gasteiger partial charge in [-0.2, -0.15) is 0 Å². The molecule has 0 spiro atoms. The first-order valence-corrected chi connectivity index (χ1v) is 5.46. The molecule has 2 aromatic rings. The number of rotatable bonds is 3. The normalized spacial score (nSPS) is 12.0. The maximum Gasteiger partial charge on any atom is 0.136 e. The molecule has 2 N–H and O–H groups in total. The second-order valence-electron chi connectivity index (χ2n) is 4.69. The number of furan rings is 1. The smallest absolute Gasteiger partial charge is 0.136 e. The van der Waals surface area contributed by atoms with Crippen LogP contribution in [0.15, 0.2) is 34.9 Å². The van der Waals surface area contributed by atoms with Crippen LogP contribution in [0.25, 0.3) is 11.0 Å². The van der Waals surface area contributed by atoms with Crippen LogP contribution in [0.5, 0.6) is 0 Å². The second kappa shape index (κ2) is 3.83. The van der Waals surface area contributed by atoms with Crippen LogP contribution in [0.2, 0.25) is 0 Å². The van der Waals surface area contributed by atoms with Crippen molar-refractivity contribution in [1.29, 1.82) is 0 Å². The molecular formula is C13H18N2O. The van der Waals surface area contributed by atoms with Crippen LogP contribution in [0, 0.1) is 0 Å². The lowest BCUT2D eigenvalue weighted by Crippen LogP contribution is -2.47. The van der Waals surface area contributed by atoms with Crippen molar-refractivity contribution in [3.63, 3.8) is 0 Å². The fourth-order valence-electron chi connectivity index (χ4n) is 1.69. The van der Waals surface area contributed by atoms with E-state index >= 15 is 0 Å². The van der Waals surface area contributed by atoms with Gasteiger partial charge < -0.3 is 15.1 Å².